The fraction of sp³-hybridized carbons (Fsp3) is 0.167. The highest BCUT2D eigenvalue weighted by molar-refractivity contribution is 7.18. The Labute approximate surface area is 198 Å². The number of rotatable bonds is 7. The number of ether oxygens (including phenoxy) is 1. The summed E-state index contributed by atoms with van der Waals surface area (Å²) in [6, 6.07) is 17.7. The summed E-state index contributed by atoms with van der Waals surface area (Å²) in [6.45, 7) is 1.86. The van der Waals surface area contributed by atoms with Gasteiger partial charge in [-0.25, -0.2) is 9.78 Å². The standard InChI is InChI=1S/C24H21N3O4S2/c1-15(23(29)27(2)14-21-26-18-9-3-4-10-19(18)33-21)31-24(30)16-7-5-8-17(13-16)25-22(28)20-11-6-12-32-20/h3-13,15H,14H2,1-2H3,(H,25,28). The first-order valence-electron chi connectivity index (χ1n) is 10.2. The SMILES string of the molecule is CC(OC(=O)c1cccc(NC(=O)c2cccs2)c1)C(=O)N(C)Cc1nc2ccccc2s1. The molecule has 0 aliphatic rings. The summed E-state index contributed by atoms with van der Waals surface area (Å²) in [5.41, 5.74) is 1.60. The Hall–Kier alpha value is -3.56. The average Bonchev–Trinajstić information content (AvgIpc) is 3.48. The van der Waals surface area contributed by atoms with Gasteiger partial charge in [-0.05, 0) is 48.7 Å². The van der Waals surface area contributed by atoms with E-state index < -0.39 is 12.1 Å². The topological polar surface area (TPSA) is 88.6 Å². The number of carbonyl (C=O) groups excluding carboxylic acids is 3. The highest BCUT2D eigenvalue weighted by Crippen LogP contribution is 2.23. The number of carbonyl (C=O) groups is 3. The number of aromatic nitrogens is 1. The van der Waals surface area contributed by atoms with Gasteiger partial charge in [-0.2, -0.15) is 0 Å². The van der Waals surface area contributed by atoms with Crippen LogP contribution >= 0.6 is 22.7 Å². The van der Waals surface area contributed by atoms with Crippen LogP contribution in [0.25, 0.3) is 10.2 Å². The lowest BCUT2D eigenvalue weighted by Crippen LogP contribution is -2.37. The molecule has 33 heavy (non-hydrogen) atoms. The Kier molecular flexibility index (Phi) is 6.81. The molecule has 2 aromatic heterocycles. The fourth-order valence-corrected chi connectivity index (χ4v) is 4.82. The van der Waals surface area contributed by atoms with E-state index >= 15 is 0 Å². The highest BCUT2D eigenvalue weighted by atomic mass is 32.1. The number of hydrogen-bond acceptors (Lipinski definition) is 7. The normalized spacial score (nSPS) is 11.7. The van der Waals surface area contributed by atoms with Crippen LogP contribution in [-0.4, -0.2) is 40.8 Å². The summed E-state index contributed by atoms with van der Waals surface area (Å²) in [5, 5.41) is 5.37. The third kappa shape index (κ3) is 5.44. The minimum Gasteiger partial charge on any atom is -0.449 e. The van der Waals surface area contributed by atoms with Crippen LogP contribution in [0.15, 0.2) is 66.0 Å². The van der Waals surface area contributed by atoms with Crippen LogP contribution in [0.5, 0.6) is 0 Å². The zero-order valence-corrected chi connectivity index (χ0v) is 19.6. The monoisotopic (exact) mass is 479 g/mol. The summed E-state index contributed by atoms with van der Waals surface area (Å²) in [6.07, 6.45) is -0.971. The molecule has 0 spiro atoms. The molecule has 7 nitrogen and oxygen atoms in total. The average molecular weight is 480 g/mol. The van der Waals surface area contributed by atoms with E-state index in [0.29, 0.717) is 17.1 Å². The quantitative estimate of drug-likeness (QED) is 0.384. The molecule has 9 heteroatoms. The number of esters is 1. The number of hydrogen-bond donors (Lipinski definition) is 1. The van der Waals surface area contributed by atoms with Crippen molar-refractivity contribution in [2.75, 3.05) is 12.4 Å². The predicted octanol–water partition coefficient (Wildman–Crippen LogP) is 4.81. The van der Waals surface area contributed by atoms with Crippen LogP contribution in [-0.2, 0) is 16.1 Å². The molecular weight excluding hydrogens is 458 g/mol. The van der Waals surface area contributed by atoms with Crippen molar-refractivity contribution in [2.45, 2.75) is 19.6 Å². The van der Waals surface area contributed by atoms with Gasteiger partial charge in [0.15, 0.2) is 6.10 Å². The van der Waals surface area contributed by atoms with Crippen molar-refractivity contribution < 1.29 is 19.1 Å². The number of para-hydroxylation sites is 1. The van der Waals surface area contributed by atoms with Crippen LogP contribution in [0.4, 0.5) is 5.69 Å². The van der Waals surface area contributed by atoms with Gasteiger partial charge < -0.3 is 15.0 Å². The molecule has 2 heterocycles. The maximum absolute atomic E-state index is 12.7. The zero-order chi connectivity index (χ0) is 23.4. The van der Waals surface area contributed by atoms with Crippen molar-refractivity contribution in [1.29, 1.82) is 0 Å². The van der Waals surface area contributed by atoms with Gasteiger partial charge in [0.1, 0.15) is 5.01 Å². The minimum absolute atomic E-state index is 0.243. The van der Waals surface area contributed by atoms with Crippen LogP contribution in [0.1, 0.15) is 32.0 Å². The molecule has 4 rings (SSSR count). The van der Waals surface area contributed by atoms with Gasteiger partial charge in [0.2, 0.25) is 0 Å². The first kappa shape index (κ1) is 22.6. The minimum atomic E-state index is -0.971. The molecule has 1 atom stereocenters. The van der Waals surface area contributed by atoms with Crippen molar-refractivity contribution in [3.63, 3.8) is 0 Å². The van der Waals surface area contributed by atoms with E-state index in [1.807, 2.05) is 29.6 Å². The van der Waals surface area contributed by atoms with Crippen molar-refractivity contribution in [2.24, 2.45) is 0 Å². The molecule has 0 radical (unpaired) electrons. The Bertz CT molecular complexity index is 1270. The largest absolute Gasteiger partial charge is 0.449 e. The Morgan fingerprint density at radius 1 is 1.09 bits per heavy atom. The molecular formula is C24H21N3O4S2. The van der Waals surface area contributed by atoms with Gasteiger partial charge in [0.25, 0.3) is 11.8 Å². The maximum Gasteiger partial charge on any atom is 0.338 e. The summed E-state index contributed by atoms with van der Waals surface area (Å²) in [5.74, 6) is -1.23. The molecule has 0 aliphatic heterocycles. The van der Waals surface area contributed by atoms with E-state index in [4.69, 9.17) is 4.74 Å². The lowest BCUT2D eigenvalue weighted by Gasteiger charge is -2.20. The van der Waals surface area contributed by atoms with Gasteiger partial charge in [-0.3, -0.25) is 9.59 Å². The summed E-state index contributed by atoms with van der Waals surface area (Å²) < 4.78 is 6.44. The van der Waals surface area contributed by atoms with Crippen LogP contribution in [0.2, 0.25) is 0 Å². The molecule has 4 aromatic rings. The Balaban J connectivity index is 1.36. The van der Waals surface area contributed by atoms with E-state index in [1.54, 1.807) is 37.4 Å². The molecule has 0 bridgehead atoms. The van der Waals surface area contributed by atoms with Crippen molar-refractivity contribution in [1.82, 2.24) is 9.88 Å². The number of nitrogens with zero attached hydrogens (tertiary/aromatic N) is 2. The number of anilines is 1. The fourth-order valence-electron chi connectivity index (χ4n) is 3.18. The lowest BCUT2D eigenvalue weighted by atomic mass is 10.2. The van der Waals surface area contributed by atoms with Crippen molar-refractivity contribution in [3.8, 4) is 0 Å². The number of amides is 2. The van der Waals surface area contributed by atoms with E-state index in [1.165, 1.54) is 40.6 Å². The summed E-state index contributed by atoms with van der Waals surface area (Å²) in [4.78, 5) is 44.2. The van der Waals surface area contributed by atoms with E-state index in [-0.39, 0.29) is 17.4 Å². The van der Waals surface area contributed by atoms with Crippen LogP contribution in [0, 0.1) is 0 Å². The third-order valence-corrected chi connectivity index (χ3v) is 6.71. The molecule has 0 saturated heterocycles. The van der Waals surface area contributed by atoms with E-state index in [9.17, 15) is 14.4 Å². The van der Waals surface area contributed by atoms with Crippen LogP contribution in [0.3, 0.4) is 0 Å². The van der Waals surface area contributed by atoms with Gasteiger partial charge in [-0.1, -0.05) is 24.3 Å². The second-order valence-electron chi connectivity index (χ2n) is 7.33. The lowest BCUT2D eigenvalue weighted by molar-refractivity contribution is -0.139. The molecule has 1 N–H and O–H groups in total. The number of fused-ring (bicyclic) bond motifs is 1. The maximum atomic E-state index is 12.7. The number of benzene rings is 2. The predicted molar refractivity (Wildman–Crippen MR) is 130 cm³/mol. The molecule has 0 aliphatic carbocycles. The van der Waals surface area contributed by atoms with Crippen LogP contribution < -0.4 is 5.32 Å². The number of thiophene rings is 1. The van der Waals surface area contributed by atoms with E-state index in [0.717, 1.165) is 15.2 Å². The third-order valence-electron chi connectivity index (χ3n) is 4.82. The summed E-state index contributed by atoms with van der Waals surface area (Å²) in [7, 11) is 1.65. The molecule has 1 unspecified atom stereocenters. The molecule has 168 valence electrons. The summed E-state index contributed by atoms with van der Waals surface area (Å²) >= 11 is 2.85. The molecule has 0 saturated carbocycles. The van der Waals surface area contributed by atoms with Crippen molar-refractivity contribution in [3.05, 3.63) is 81.5 Å². The zero-order valence-electron chi connectivity index (χ0n) is 18.0. The first-order chi connectivity index (χ1) is 15.9. The number of nitrogens with one attached hydrogen (secondary N) is 1. The van der Waals surface area contributed by atoms with E-state index in [2.05, 4.69) is 10.3 Å². The van der Waals surface area contributed by atoms with Gasteiger partial charge in [-0.15, -0.1) is 22.7 Å². The highest BCUT2D eigenvalue weighted by Gasteiger charge is 2.23. The van der Waals surface area contributed by atoms with Crippen molar-refractivity contribution >= 4 is 56.4 Å². The second-order valence-corrected chi connectivity index (χ2v) is 9.39. The van der Waals surface area contributed by atoms with Gasteiger partial charge >= 0.3 is 5.97 Å². The van der Waals surface area contributed by atoms with Gasteiger partial charge in [0, 0.05) is 12.7 Å². The molecule has 2 amide bonds. The molecule has 2 aromatic carbocycles. The molecule has 0 fully saturated rings. The first-order valence-corrected chi connectivity index (χ1v) is 11.9. The Morgan fingerprint density at radius 3 is 2.67 bits per heavy atom. The Morgan fingerprint density at radius 2 is 1.91 bits per heavy atom. The number of likely N-dealkylation sites (N-methyl/N-ethyl adjacent to an activating group) is 1. The number of thiazole rings is 1. The smallest absolute Gasteiger partial charge is 0.338 e. The van der Waals surface area contributed by atoms with Gasteiger partial charge in [0.05, 0.1) is 27.2 Å². The second kappa shape index (κ2) is 9.93.